The van der Waals surface area contributed by atoms with Crippen molar-refractivity contribution in [1.82, 2.24) is 5.32 Å². The number of nitriles is 1. The maximum absolute atomic E-state index is 12.0. The number of amides is 2. The maximum Gasteiger partial charge on any atom is 0.319 e. The molecule has 124 valence electrons. The molecule has 0 aliphatic heterocycles. The van der Waals surface area contributed by atoms with Gasteiger partial charge in [-0.15, -0.1) is 0 Å². The zero-order chi connectivity index (χ0) is 17.7. The van der Waals surface area contributed by atoms with Crippen molar-refractivity contribution in [3.05, 3.63) is 59.7 Å². The molecule has 0 aliphatic carbocycles. The summed E-state index contributed by atoms with van der Waals surface area (Å²) in [6.07, 6.45) is 1.15. The molecule has 0 aliphatic rings. The number of carbonyl (C=O) groups is 1. The molecule has 2 rings (SSSR count). The first kappa shape index (κ1) is 17.5. The number of sulfone groups is 1. The lowest BCUT2D eigenvalue weighted by Crippen LogP contribution is -2.31. The zero-order valence-corrected chi connectivity index (χ0v) is 14.1. The molecule has 1 atom stereocenters. The van der Waals surface area contributed by atoms with Crippen molar-refractivity contribution in [2.75, 3.05) is 11.6 Å². The van der Waals surface area contributed by atoms with Crippen molar-refractivity contribution in [1.29, 1.82) is 5.26 Å². The number of benzene rings is 2. The first-order chi connectivity index (χ1) is 11.3. The van der Waals surface area contributed by atoms with Crippen molar-refractivity contribution in [3.63, 3.8) is 0 Å². The molecular formula is C17H17N3O3S. The molecule has 0 radical (unpaired) electrons. The highest BCUT2D eigenvalue weighted by Crippen LogP contribution is 2.16. The molecule has 2 aromatic carbocycles. The lowest BCUT2D eigenvalue weighted by atomic mass is 10.1. The summed E-state index contributed by atoms with van der Waals surface area (Å²) in [5.41, 5.74) is 1.88. The number of rotatable bonds is 4. The van der Waals surface area contributed by atoms with E-state index < -0.39 is 9.84 Å². The number of urea groups is 1. The third kappa shape index (κ3) is 4.57. The molecule has 2 amide bonds. The number of anilines is 1. The Kier molecular flexibility index (Phi) is 5.21. The molecule has 0 saturated carbocycles. The van der Waals surface area contributed by atoms with Crippen LogP contribution in [0.4, 0.5) is 10.5 Å². The number of nitrogens with one attached hydrogen (secondary N) is 2. The van der Waals surface area contributed by atoms with Gasteiger partial charge in [-0.3, -0.25) is 0 Å². The Morgan fingerprint density at radius 3 is 2.17 bits per heavy atom. The first-order valence-corrected chi connectivity index (χ1v) is 9.06. The predicted molar refractivity (Wildman–Crippen MR) is 91.3 cm³/mol. The lowest BCUT2D eigenvalue weighted by Gasteiger charge is -2.15. The van der Waals surface area contributed by atoms with Gasteiger partial charge in [-0.1, -0.05) is 12.1 Å². The molecule has 2 aromatic rings. The van der Waals surface area contributed by atoms with Crippen LogP contribution in [0.5, 0.6) is 0 Å². The minimum absolute atomic E-state index is 0.237. The van der Waals surface area contributed by atoms with Crippen LogP contribution in [0.3, 0.4) is 0 Å². The standard InChI is InChI=1S/C17H17N3O3S/c1-12(14-5-9-16(10-6-14)24(2,22)23)19-17(21)20-15-7-3-13(11-18)4-8-15/h3-10,12H,1-2H3,(H2,19,20,21). The van der Waals surface area contributed by atoms with E-state index in [1.165, 1.54) is 12.1 Å². The summed E-state index contributed by atoms with van der Waals surface area (Å²) in [5.74, 6) is 0. The van der Waals surface area contributed by atoms with Crippen molar-refractivity contribution in [3.8, 4) is 6.07 Å². The van der Waals surface area contributed by atoms with Crippen LogP contribution in [0.1, 0.15) is 24.1 Å². The van der Waals surface area contributed by atoms with Crippen LogP contribution in [0.25, 0.3) is 0 Å². The van der Waals surface area contributed by atoms with Gasteiger partial charge in [0.2, 0.25) is 0 Å². The number of hydrogen-bond donors (Lipinski definition) is 2. The normalized spacial score (nSPS) is 12.0. The minimum atomic E-state index is -3.24. The summed E-state index contributed by atoms with van der Waals surface area (Å²) >= 11 is 0. The number of hydrogen-bond acceptors (Lipinski definition) is 4. The predicted octanol–water partition coefficient (Wildman–Crippen LogP) is 2.84. The second-order valence-corrected chi connectivity index (χ2v) is 7.37. The van der Waals surface area contributed by atoms with E-state index in [1.54, 1.807) is 43.3 Å². The molecule has 24 heavy (non-hydrogen) atoms. The van der Waals surface area contributed by atoms with E-state index in [0.29, 0.717) is 11.3 Å². The number of nitrogens with zero attached hydrogens (tertiary/aromatic N) is 1. The van der Waals surface area contributed by atoms with Gasteiger partial charge >= 0.3 is 6.03 Å². The molecular weight excluding hydrogens is 326 g/mol. The van der Waals surface area contributed by atoms with Crippen LogP contribution in [0.15, 0.2) is 53.4 Å². The van der Waals surface area contributed by atoms with Crippen molar-refractivity contribution in [2.45, 2.75) is 17.9 Å². The van der Waals surface area contributed by atoms with Crippen LogP contribution in [0, 0.1) is 11.3 Å². The van der Waals surface area contributed by atoms with Crippen LogP contribution in [-0.2, 0) is 9.84 Å². The second-order valence-electron chi connectivity index (χ2n) is 5.35. The fourth-order valence-electron chi connectivity index (χ4n) is 2.08. The third-order valence-electron chi connectivity index (χ3n) is 3.43. The summed E-state index contributed by atoms with van der Waals surface area (Å²) in [6.45, 7) is 1.80. The fraction of sp³-hybridized carbons (Fsp3) is 0.176. The SMILES string of the molecule is CC(NC(=O)Nc1ccc(C#N)cc1)c1ccc(S(C)(=O)=O)cc1. The molecule has 7 heteroatoms. The van der Waals surface area contributed by atoms with Gasteiger partial charge in [-0.25, -0.2) is 13.2 Å². The fourth-order valence-corrected chi connectivity index (χ4v) is 2.71. The van der Waals surface area contributed by atoms with Gasteiger partial charge in [0.1, 0.15) is 0 Å². The molecule has 0 fully saturated rings. The molecule has 0 bridgehead atoms. The molecule has 0 saturated heterocycles. The Morgan fingerprint density at radius 2 is 1.67 bits per heavy atom. The van der Waals surface area contributed by atoms with Gasteiger partial charge in [0, 0.05) is 11.9 Å². The van der Waals surface area contributed by atoms with Crippen LogP contribution >= 0.6 is 0 Å². The smallest absolute Gasteiger partial charge is 0.319 e. The summed E-state index contributed by atoms with van der Waals surface area (Å²) in [6, 6.07) is 14.2. The molecule has 0 spiro atoms. The Balaban J connectivity index is 1.99. The molecule has 1 unspecified atom stereocenters. The van der Waals surface area contributed by atoms with Crippen LogP contribution in [0.2, 0.25) is 0 Å². The largest absolute Gasteiger partial charge is 0.331 e. The maximum atomic E-state index is 12.0. The first-order valence-electron chi connectivity index (χ1n) is 7.17. The van der Waals surface area contributed by atoms with Gasteiger partial charge in [0.15, 0.2) is 9.84 Å². The molecule has 2 N–H and O–H groups in total. The summed E-state index contributed by atoms with van der Waals surface area (Å²) < 4.78 is 22.9. The minimum Gasteiger partial charge on any atom is -0.331 e. The summed E-state index contributed by atoms with van der Waals surface area (Å²) in [4.78, 5) is 12.2. The summed E-state index contributed by atoms with van der Waals surface area (Å²) in [7, 11) is -3.24. The molecule has 6 nitrogen and oxygen atoms in total. The Labute approximate surface area is 141 Å². The highest BCUT2D eigenvalue weighted by molar-refractivity contribution is 7.90. The third-order valence-corrected chi connectivity index (χ3v) is 4.56. The topological polar surface area (TPSA) is 99.1 Å². The summed E-state index contributed by atoms with van der Waals surface area (Å²) in [5, 5.41) is 14.2. The average molecular weight is 343 g/mol. The van der Waals surface area contributed by atoms with Crippen LogP contribution in [-0.4, -0.2) is 20.7 Å². The van der Waals surface area contributed by atoms with Gasteiger partial charge < -0.3 is 10.6 Å². The zero-order valence-electron chi connectivity index (χ0n) is 13.3. The van der Waals surface area contributed by atoms with E-state index in [1.807, 2.05) is 6.07 Å². The van der Waals surface area contributed by atoms with E-state index in [9.17, 15) is 13.2 Å². The quantitative estimate of drug-likeness (QED) is 0.891. The lowest BCUT2D eigenvalue weighted by molar-refractivity contribution is 0.249. The van der Waals surface area contributed by atoms with Crippen molar-refractivity contribution in [2.24, 2.45) is 0 Å². The Hall–Kier alpha value is -2.85. The molecule has 0 heterocycles. The van der Waals surface area contributed by atoms with Gasteiger partial charge in [0.05, 0.1) is 22.6 Å². The Morgan fingerprint density at radius 1 is 1.08 bits per heavy atom. The van der Waals surface area contributed by atoms with Gasteiger partial charge in [-0.05, 0) is 48.9 Å². The monoisotopic (exact) mass is 343 g/mol. The molecule has 0 aromatic heterocycles. The highest BCUT2D eigenvalue weighted by atomic mass is 32.2. The Bertz CT molecular complexity index is 867. The van der Waals surface area contributed by atoms with Crippen LogP contribution < -0.4 is 10.6 Å². The van der Waals surface area contributed by atoms with Gasteiger partial charge in [0.25, 0.3) is 0 Å². The highest BCUT2D eigenvalue weighted by Gasteiger charge is 2.12. The van der Waals surface area contributed by atoms with E-state index in [4.69, 9.17) is 5.26 Å². The second kappa shape index (κ2) is 7.15. The van der Waals surface area contributed by atoms with E-state index in [0.717, 1.165) is 11.8 Å². The van der Waals surface area contributed by atoms with E-state index >= 15 is 0 Å². The van der Waals surface area contributed by atoms with Crippen molar-refractivity contribution >= 4 is 21.6 Å². The van der Waals surface area contributed by atoms with E-state index in [2.05, 4.69) is 10.6 Å². The van der Waals surface area contributed by atoms with E-state index in [-0.39, 0.29) is 17.0 Å². The number of carbonyl (C=O) groups excluding carboxylic acids is 1. The average Bonchev–Trinajstić information content (AvgIpc) is 2.54. The van der Waals surface area contributed by atoms with Crippen molar-refractivity contribution < 1.29 is 13.2 Å². The van der Waals surface area contributed by atoms with Gasteiger partial charge in [-0.2, -0.15) is 5.26 Å².